The number of para-hydroxylation sites is 1. The number of benzene rings is 4. The van der Waals surface area contributed by atoms with Crippen LogP contribution in [0, 0.1) is 12.1 Å². The average molecular weight is 632 g/mol. The second-order valence-corrected chi connectivity index (χ2v) is 8.11. The van der Waals surface area contributed by atoms with Crippen molar-refractivity contribution >= 4 is 43.7 Å². The molecule has 0 bridgehead atoms. The first-order chi connectivity index (χ1) is 16.8. The summed E-state index contributed by atoms with van der Waals surface area (Å²) in [5.74, 6) is 1.20. The van der Waals surface area contributed by atoms with E-state index in [4.69, 9.17) is 14.1 Å². The van der Waals surface area contributed by atoms with E-state index < -0.39 is 0 Å². The van der Waals surface area contributed by atoms with Gasteiger partial charge in [-0.2, -0.15) is 0 Å². The summed E-state index contributed by atoms with van der Waals surface area (Å²) in [5.41, 5.74) is 4.01. The van der Waals surface area contributed by atoms with Crippen molar-refractivity contribution in [2.45, 2.75) is 0 Å². The number of hydrogen-bond acceptors (Lipinski definition) is 4. The molecule has 0 unspecified atom stereocenters. The fraction of sp³-hybridized carbons (Fsp3) is 0. The minimum absolute atomic E-state index is 0. The van der Waals surface area contributed by atoms with Gasteiger partial charge in [-0.1, -0.05) is 54.6 Å². The summed E-state index contributed by atoms with van der Waals surface area (Å²) in [7, 11) is 0. The second kappa shape index (κ2) is 8.65. The quantitative estimate of drug-likeness (QED) is 0.148. The standard InChI is InChI=1S/C30H16N2O2.Pt/c1-2-10-28-24(8-1)26-17-21-12-11-19-13-14-23(18-25(19)29(21)32-30(26)34-28)33-22-7-5-6-20(16-22)27-9-3-4-15-31-27;/h1-15,17H;/q-2;+2. The van der Waals surface area contributed by atoms with E-state index in [1.165, 1.54) is 0 Å². The Hall–Kier alpha value is -4.01. The molecule has 168 valence electrons. The van der Waals surface area contributed by atoms with Gasteiger partial charge in [-0.3, -0.25) is 4.98 Å². The molecule has 4 aromatic carbocycles. The Bertz CT molecular complexity index is 1840. The van der Waals surface area contributed by atoms with Crippen LogP contribution in [-0.4, -0.2) is 9.97 Å². The van der Waals surface area contributed by atoms with Gasteiger partial charge in [0, 0.05) is 28.5 Å². The van der Waals surface area contributed by atoms with Crippen LogP contribution in [0.4, 0.5) is 0 Å². The maximum Gasteiger partial charge on any atom is 2.00 e. The fourth-order valence-corrected chi connectivity index (χ4v) is 4.35. The number of fused-ring (bicyclic) bond motifs is 6. The van der Waals surface area contributed by atoms with Crippen molar-refractivity contribution < 1.29 is 30.2 Å². The van der Waals surface area contributed by atoms with Crippen LogP contribution in [0.3, 0.4) is 0 Å². The van der Waals surface area contributed by atoms with Gasteiger partial charge in [-0.25, -0.2) is 0 Å². The molecule has 0 aliphatic carbocycles. The predicted molar refractivity (Wildman–Crippen MR) is 134 cm³/mol. The van der Waals surface area contributed by atoms with Gasteiger partial charge in [0.1, 0.15) is 5.58 Å². The summed E-state index contributed by atoms with van der Waals surface area (Å²) in [6, 6.07) is 36.5. The largest absolute Gasteiger partial charge is 2.00 e. The van der Waals surface area contributed by atoms with Gasteiger partial charge in [0.25, 0.3) is 0 Å². The number of rotatable bonds is 3. The molecule has 0 spiro atoms. The summed E-state index contributed by atoms with van der Waals surface area (Å²) in [5, 5.41) is 5.03. The molecule has 0 aliphatic rings. The third-order valence-electron chi connectivity index (χ3n) is 5.96. The first-order valence-electron chi connectivity index (χ1n) is 11.0. The van der Waals surface area contributed by atoms with Crippen LogP contribution in [-0.2, 0) is 21.1 Å². The monoisotopic (exact) mass is 631 g/mol. The molecule has 3 aromatic heterocycles. The van der Waals surface area contributed by atoms with Crippen LogP contribution in [0.15, 0.2) is 102 Å². The molecular formula is C30H16N2O2Pt. The van der Waals surface area contributed by atoms with E-state index in [0.29, 0.717) is 17.2 Å². The van der Waals surface area contributed by atoms with E-state index in [-0.39, 0.29) is 21.1 Å². The maximum atomic E-state index is 6.14. The van der Waals surface area contributed by atoms with Gasteiger partial charge in [0.05, 0.1) is 0 Å². The maximum absolute atomic E-state index is 6.14. The molecule has 0 saturated carbocycles. The molecule has 0 amide bonds. The molecule has 4 nitrogen and oxygen atoms in total. The van der Waals surface area contributed by atoms with Gasteiger partial charge in [-0.05, 0) is 34.8 Å². The van der Waals surface area contributed by atoms with Gasteiger partial charge in [-0.15, -0.1) is 46.7 Å². The molecule has 0 atom stereocenters. The van der Waals surface area contributed by atoms with E-state index in [1.807, 2.05) is 66.7 Å². The molecule has 3 heterocycles. The summed E-state index contributed by atoms with van der Waals surface area (Å²) in [6.45, 7) is 0. The van der Waals surface area contributed by atoms with Gasteiger partial charge in [0.15, 0.2) is 0 Å². The van der Waals surface area contributed by atoms with Crippen LogP contribution < -0.4 is 4.74 Å². The van der Waals surface area contributed by atoms with Gasteiger partial charge in [0.2, 0.25) is 5.71 Å². The molecular weight excluding hydrogens is 615 g/mol. The molecule has 35 heavy (non-hydrogen) atoms. The van der Waals surface area contributed by atoms with Gasteiger partial charge >= 0.3 is 21.1 Å². The number of ether oxygens (including phenoxy) is 1. The zero-order valence-electron chi connectivity index (χ0n) is 18.3. The van der Waals surface area contributed by atoms with Crippen molar-refractivity contribution in [3.63, 3.8) is 0 Å². The molecule has 0 saturated heterocycles. The third-order valence-corrected chi connectivity index (χ3v) is 5.96. The summed E-state index contributed by atoms with van der Waals surface area (Å²) >= 11 is 0. The van der Waals surface area contributed by atoms with Crippen LogP contribution in [0.25, 0.3) is 55.0 Å². The number of aromatic nitrogens is 2. The predicted octanol–water partition coefficient (Wildman–Crippen LogP) is 7.74. The smallest absolute Gasteiger partial charge is 0.497 e. The SMILES string of the molecule is [Pt+2].[c-]1c(Oc2[c-]c3c(cc2)ccc2cc4c(nc23)oc2ccccc24)cccc1-c1ccccn1. The number of nitrogens with zero attached hydrogens (tertiary/aromatic N) is 2. The van der Waals surface area contributed by atoms with Crippen molar-refractivity contribution in [3.05, 3.63) is 109 Å². The molecule has 5 heteroatoms. The minimum Gasteiger partial charge on any atom is -0.497 e. The zero-order chi connectivity index (χ0) is 22.5. The normalized spacial score (nSPS) is 11.2. The van der Waals surface area contributed by atoms with Crippen LogP contribution >= 0.6 is 0 Å². The van der Waals surface area contributed by atoms with E-state index in [0.717, 1.165) is 49.3 Å². The Balaban J connectivity index is 0.00000229. The van der Waals surface area contributed by atoms with E-state index in [9.17, 15) is 0 Å². The Morgan fingerprint density at radius 2 is 1.54 bits per heavy atom. The van der Waals surface area contributed by atoms with Crippen molar-refractivity contribution in [1.82, 2.24) is 9.97 Å². The van der Waals surface area contributed by atoms with E-state index in [2.05, 4.69) is 41.4 Å². The van der Waals surface area contributed by atoms with E-state index in [1.54, 1.807) is 6.20 Å². The fourth-order valence-electron chi connectivity index (χ4n) is 4.35. The number of furan rings is 1. The Kier molecular flexibility index (Phi) is 5.32. The summed E-state index contributed by atoms with van der Waals surface area (Å²) in [6.07, 6.45) is 1.77. The second-order valence-electron chi connectivity index (χ2n) is 8.11. The van der Waals surface area contributed by atoms with Crippen LogP contribution in [0.5, 0.6) is 11.5 Å². The van der Waals surface area contributed by atoms with Crippen molar-refractivity contribution in [2.75, 3.05) is 0 Å². The first-order valence-corrected chi connectivity index (χ1v) is 11.0. The van der Waals surface area contributed by atoms with Gasteiger partial charge < -0.3 is 14.1 Å². The molecule has 7 aromatic rings. The Morgan fingerprint density at radius 1 is 0.714 bits per heavy atom. The molecule has 7 rings (SSSR count). The zero-order valence-corrected chi connectivity index (χ0v) is 20.5. The first kappa shape index (κ1) is 21.5. The van der Waals surface area contributed by atoms with E-state index >= 15 is 0 Å². The van der Waals surface area contributed by atoms with Crippen molar-refractivity contribution in [3.8, 4) is 22.8 Å². The number of pyridine rings is 2. The molecule has 0 fully saturated rings. The Morgan fingerprint density at radius 3 is 2.46 bits per heavy atom. The van der Waals surface area contributed by atoms with Crippen molar-refractivity contribution in [2.24, 2.45) is 0 Å². The Labute approximate surface area is 215 Å². The topological polar surface area (TPSA) is 48.2 Å². The van der Waals surface area contributed by atoms with Crippen LogP contribution in [0.2, 0.25) is 0 Å². The summed E-state index contributed by atoms with van der Waals surface area (Å²) < 4.78 is 12.2. The number of hydrogen-bond donors (Lipinski definition) is 0. The molecule has 0 N–H and O–H groups in total. The summed E-state index contributed by atoms with van der Waals surface area (Å²) in [4.78, 5) is 9.28. The minimum atomic E-state index is 0. The van der Waals surface area contributed by atoms with Crippen molar-refractivity contribution in [1.29, 1.82) is 0 Å². The average Bonchev–Trinajstić information content (AvgIpc) is 3.26. The van der Waals surface area contributed by atoms with Crippen LogP contribution in [0.1, 0.15) is 0 Å². The molecule has 0 aliphatic heterocycles. The molecule has 0 radical (unpaired) electrons. The third kappa shape index (κ3) is 3.77.